The Balaban J connectivity index is 1.47. The number of carbonyl (C=O) groups is 1. The molecule has 0 aromatic carbocycles. The van der Waals surface area contributed by atoms with E-state index in [1.54, 1.807) is 10.8 Å². The molecule has 1 aliphatic heterocycles. The molecule has 2 aromatic heterocycles. The van der Waals surface area contributed by atoms with Crippen molar-refractivity contribution in [1.29, 1.82) is 0 Å². The fourth-order valence-electron chi connectivity index (χ4n) is 2.99. The van der Waals surface area contributed by atoms with Crippen LogP contribution in [0, 0.1) is 13.8 Å². The Morgan fingerprint density at radius 1 is 1.25 bits per heavy atom. The summed E-state index contributed by atoms with van der Waals surface area (Å²) in [6, 6.07) is 3.87. The number of hydrogen-bond donors (Lipinski definition) is 0. The zero-order valence-electron chi connectivity index (χ0n) is 14.2. The molecule has 1 aliphatic rings. The van der Waals surface area contributed by atoms with Gasteiger partial charge in [0.15, 0.2) is 0 Å². The fraction of sp³-hybridized carbons (Fsp3) is 0.529. The van der Waals surface area contributed by atoms with Crippen molar-refractivity contribution in [2.75, 3.05) is 26.2 Å². The van der Waals surface area contributed by atoms with Gasteiger partial charge in [-0.05, 0) is 26.0 Å². The number of amides is 1. The SMILES string of the molecule is Cc1sc(=O)n(CCC(=O)N2CCN(Cc3ccco3)CC2)c1C. The molecule has 0 N–H and O–H groups in total. The molecule has 0 bridgehead atoms. The van der Waals surface area contributed by atoms with Crippen LogP contribution in [-0.4, -0.2) is 46.5 Å². The van der Waals surface area contributed by atoms with Crippen molar-refractivity contribution < 1.29 is 9.21 Å². The number of nitrogens with zero attached hydrogens (tertiary/aromatic N) is 3. The van der Waals surface area contributed by atoms with E-state index in [1.165, 1.54) is 11.3 Å². The predicted molar refractivity (Wildman–Crippen MR) is 93.2 cm³/mol. The minimum atomic E-state index is 0.0288. The summed E-state index contributed by atoms with van der Waals surface area (Å²) in [6.45, 7) is 8.31. The first-order valence-electron chi connectivity index (χ1n) is 8.24. The number of rotatable bonds is 5. The lowest BCUT2D eigenvalue weighted by atomic mass is 10.2. The molecule has 7 heteroatoms. The Hall–Kier alpha value is -1.86. The zero-order chi connectivity index (χ0) is 17.1. The molecule has 0 atom stereocenters. The summed E-state index contributed by atoms with van der Waals surface area (Å²) in [5.74, 6) is 1.08. The van der Waals surface area contributed by atoms with Crippen LogP contribution in [0.1, 0.15) is 22.8 Å². The number of piperazine rings is 1. The van der Waals surface area contributed by atoms with Crippen LogP contribution in [0.4, 0.5) is 0 Å². The molecular formula is C17H23N3O3S. The van der Waals surface area contributed by atoms with Gasteiger partial charge in [-0.3, -0.25) is 14.5 Å². The van der Waals surface area contributed by atoms with Crippen LogP contribution in [0.5, 0.6) is 0 Å². The molecule has 0 spiro atoms. The highest BCUT2D eigenvalue weighted by atomic mass is 32.1. The van der Waals surface area contributed by atoms with Gasteiger partial charge < -0.3 is 13.9 Å². The van der Waals surface area contributed by atoms with Crippen molar-refractivity contribution >= 4 is 17.2 Å². The molecule has 0 radical (unpaired) electrons. The molecule has 130 valence electrons. The van der Waals surface area contributed by atoms with Gasteiger partial charge in [-0.1, -0.05) is 11.3 Å². The molecular weight excluding hydrogens is 326 g/mol. The maximum absolute atomic E-state index is 12.4. The second kappa shape index (κ2) is 7.36. The second-order valence-electron chi connectivity index (χ2n) is 6.15. The third kappa shape index (κ3) is 3.79. The number of thiazole rings is 1. The molecule has 0 aliphatic carbocycles. The average Bonchev–Trinajstić information content (AvgIpc) is 3.15. The summed E-state index contributed by atoms with van der Waals surface area (Å²) < 4.78 is 7.08. The first kappa shape index (κ1) is 17.0. The lowest BCUT2D eigenvalue weighted by Crippen LogP contribution is -2.48. The Kier molecular flexibility index (Phi) is 5.20. The van der Waals surface area contributed by atoms with Crippen molar-refractivity contribution in [2.24, 2.45) is 0 Å². The van der Waals surface area contributed by atoms with Gasteiger partial charge in [0.05, 0.1) is 12.8 Å². The quantitative estimate of drug-likeness (QED) is 0.827. The highest BCUT2D eigenvalue weighted by Gasteiger charge is 2.21. The highest BCUT2D eigenvalue weighted by Crippen LogP contribution is 2.12. The van der Waals surface area contributed by atoms with E-state index in [1.807, 2.05) is 30.9 Å². The Labute approximate surface area is 145 Å². The van der Waals surface area contributed by atoms with E-state index in [4.69, 9.17) is 4.42 Å². The van der Waals surface area contributed by atoms with Gasteiger partial charge in [-0.25, -0.2) is 0 Å². The van der Waals surface area contributed by atoms with Crippen LogP contribution in [0.15, 0.2) is 27.6 Å². The molecule has 2 aromatic rings. The summed E-state index contributed by atoms with van der Waals surface area (Å²) in [4.78, 5) is 29.5. The van der Waals surface area contributed by atoms with E-state index in [2.05, 4.69) is 4.90 Å². The minimum absolute atomic E-state index is 0.0288. The lowest BCUT2D eigenvalue weighted by molar-refractivity contribution is -0.133. The van der Waals surface area contributed by atoms with E-state index in [-0.39, 0.29) is 10.8 Å². The molecule has 0 saturated carbocycles. The van der Waals surface area contributed by atoms with E-state index in [0.29, 0.717) is 13.0 Å². The monoisotopic (exact) mass is 349 g/mol. The van der Waals surface area contributed by atoms with Gasteiger partial charge in [0.25, 0.3) is 0 Å². The maximum atomic E-state index is 12.4. The summed E-state index contributed by atoms with van der Waals surface area (Å²) in [5, 5.41) is 0. The number of aromatic nitrogens is 1. The Morgan fingerprint density at radius 2 is 2.00 bits per heavy atom. The van der Waals surface area contributed by atoms with Gasteiger partial charge in [0, 0.05) is 49.7 Å². The number of furan rings is 1. The van der Waals surface area contributed by atoms with Gasteiger partial charge in [-0.15, -0.1) is 0 Å². The molecule has 1 saturated heterocycles. The molecule has 1 amide bonds. The predicted octanol–water partition coefficient (Wildman–Crippen LogP) is 1.85. The smallest absolute Gasteiger partial charge is 0.307 e. The second-order valence-corrected chi connectivity index (χ2v) is 7.31. The van der Waals surface area contributed by atoms with E-state index < -0.39 is 0 Å². The zero-order valence-corrected chi connectivity index (χ0v) is 15.0. The third-order valence-electron chi connectivity index (χ3n) is 4.61. The molecule has 6 nitrogen and oxygen atoms in total. The normalized spacial score (nSPS) is 15.8. The van der Waals surface area contributed by atoms with E-state index in [0.717, 1.165) is 49.1 Å². The van der Waals surface area contributed by atoms with Crippen LogP contribution < -0.4 is 4.87 Å². The fourth-order valence-corrected chi connectivity index (χ4v) is 3.85. The maximum Gasteiger partial charge on any atom is 0.307 e. The Bertz CT molecular complexity index is 740. The van der Waals surface area contributed by atoms with Crippen LogP contribution >= 0.6 is 11.3 Å². The van der Waals surface area contributed by atoms with E-state index in [9.17, 15) is 9.59 Å². The van der Waals surface area contributed by atoms with Crippen molar-refractivity contribution in [3.63, 3.8) is 0 Å². The van der Waals surface area contributed by atoms with Crippen LogP contribution in [0.2, 0.25) is 0 Å². The van der Waals surface area contributed by atoms with Crippen molar-refractivity contribution in [3.8, 4) is 0 Å². The van der Waals surface area contributed by atoms with Crippen LogP contribution in [0.25, 0.3) is 0 Å². The number of carbonyl (C=O) groups excluding carboxylic acids is 1. The van der Waals surface area contributed by atoms with Crippen LogP contribution in [-0.2, 0) is 17.9 Å². The number of aryl methyl sites for hydroxylation is 1. The van der Waals surface area contributed by atoms with Gasteiger partial charge in [0.1, 0.15) is 5.76 Å². The van der Waals surface area contributed by atoms with Crippen molar-refractivity contribution in [3.05, 3.63) is 44.4 Å². The number of hydrogen-bond acceptors (Lipinski definition) is 5. The highest BCUT2D eigenvalue weighted by molar-refractivity contribution is 7.09. The van der Waals surface area contributed by atoms with Gasteiger partial charge in [0.2, 0.25) is 5.91 Å². The van der Waals surface area contributed by atoms with Gasteiger partial charge >= 0.3 is 4.87 Å². The first-order valence-corrected chi connectivity index (χ1v) is 9.05. The molecule has 0 unspecified atom stereocenters. The van der Waals surface area contributed by atoms with Crippen LogP contribution in [0.3, 0.4) is 0 Å². The summed E-state index contributed by atoms with van der Waals surface area (Å²) >= 11 is 1.25. The molecule has 3 heterocycles. The Morgan fingerprint density at radius 3 is 2.58 bits per heavy atom. The third-order valence-corrected chi connectivity index (χ3v) is 5.61. The summed E-state index contributed by atoms with van der Waals surface area (Å²) in [6.07, 6.45) is 2.07. The molecule has 1 fully saturated rings. The molecule has 3 rings (SSSR count). The van der Waals surface area contributed by atoms with E-state index >= 15 is 0 Å². The summed E-state index contributed by atoms with van der Waals surface area (Å²) in [5.41, 5.74) is 0.973. The van der Waals surface area contributed by atoms with Gasteiger partial charge in [-0.2, -0.15) is 0 Å². The topological polar surface area (TPSA) is 58.7 Å². The first-order chi connectivity index (χ1) is 11.5. The standard InChI is InChI=1S/C17H23N3O3S/c1-13-14(2)24-17(22)20(13)6-5-16(21)19-9-7-18(8-10-19)12-15-4-3-11-23-15/h3-4,11H,5-10,12H2,1-2H3. The minimum Gasteiger partial charge on any atom is -0.468 e. The van der Waals surface area contributed by atoms with Crippen molar-refractivity contribution in [1.82, 2.24) is 14.4 Å². The average molecular weight is 349 g/mol. The van der Waals surface area contributed by atoms with Crippen molar-refractivity contribution in [2.45, 2.75) is 33.4 Å². The summed E-state index contributed by atoms with van der Waals surface area (Å²) in [7, 11) is 0. The largest absolute Gasteiger partial charge is 0.468 e. The molecule has 24 heavy (non-hydrogen) atoms. The lowest BCUT2D eigenvalue weighted by Gasteiger charge is -2.34.